The molecular weight excluding hydrogens is 406 g/mol. The number of carboxylic acid groups (broad SMARTS) is 2. The van der Waals surface area contributed by atoms with Gasteiger partial charge in [0.25, 0.3) is 0 Å². The van der Waals surface area contributed by atoms with Crippen molar-refractivity contribution in [3.05, 3.63) is 94.6 Å². The zero-order valence-electron chi connectivity index (χ0n) is 17.8. The SMILES string of the molecule is CC1=C2CC(C(=O)O)(C(=O)O)CC2=CCN(C(c2ccccc2)c2ccccc2)CC1=O. The van der Waals surface area contributed by atoms with Crippen molar-refractivity contribution in [2.75, 3.05) is 13.1 Å². The quantitative estimate of drug-likeness (QED) is 0.699. The van der Waals surface area contributed by atoms with E-state index in [0.717, 1.165) is 11.1 Å². The molecule has 0 unspecified atom stereocenters. The van der Waals surface area contributed by atoms with Gasteiger partial charge in [0.1, 0.15) is 0 Å². The van der Waals surface area contributed by atoms with Crippen LogP contribution < -0.4 is 0 Å². The van der Waals surface area contributed by atoms with Gasteiger partial charge in [-0.1, -0.05) is 66.7 Å². The van der Waals surface area contributed by atoms with Gasteiger partial charge in [0.2, 0.25) is 0 Å². The maximum Gasteiger partial charge on any atom is 0.321 e. The minimum absolute atomic E-state index is 0.117. The first-order chi connectivity index (χ1) is 15.3. The van der Waals surface area contributed by atoms with E-state index in [1.165, 1.54) is 0 Å². The Morgan fingerprint density at radius 3 is 1.94 bits per heavy atom. The van der Waals surface area contributed by atoms with Gasteiger partial charge in [-0.05, 0) is 41.2 Å². The number of carboxylic acids is 2. The van der Waals surface area contributed by atoms with Gasteiger partial charge in [-0.3, -0.25) is 19.3 Å². The van der Waals surface area contributed by atoms with Crippen LogP contribution in [0.5, 0.6) is 0 Å². The van der Waals surface area contributed by atoms with E-state index in [-0.39, 0.29) is 31.2 Å². The highest BCUT2D eigenvalue weighted by molar-refractivity contribution is 6.03. The first-order valence-corrected chi connectivity index (χ1v) is 10.6. The third kappa shape index (κ3) is 3.78. The molecule has 0 saturated heterocycles. The number of hydrogen-bond acceptors (Lipinski definition) is 4. The average molecular weight is 431 g/mol. The van der Waals surface area contributed by atoms with Gasteiger partial charge in [-0.2, -0.15) is 0 Å². The summed E-state index contributed by atoms with van der Waals surface area (Å²) in [6.45, 7) is 2.23. The lowest BCUT2D eigenvalue weighted by Gasteiger charge is -2.32. The maximum absolute atomic E-state index is 13.2. The van der Waals surface area contributed by atoms with Crippen LogP contribution in [-0.4, -0.2) is 45.9 Å². The zero-order valence-corrected chi connectivity index (χ0v) is 17.8. The Balaban J connectivity index is 1.77. The Morgan fingerprint density at radius 1 is 0.906 bits per heavy atom. The first kappa shape index (κ1) is 21.7. The number of ketones is 1. The molecule has 0 spiro atoms. The van der Waals surface area contributed by atoms with Crippen LogP contribution in [0.4, 0.5) is 0 Å². The predicted molar refractivity (Wildman–Crippen MR) is 119 cm³/mol. The van der Waals surface area contributed by atoms with Crippen LogP contribution in [0.15, 0.2) is 83.5 Å². The number of aliphatic carboxylic acids is 2. The molecule has 1 fully saturated rings. The van der Waals surface area contributed by atoms with E-state index in [0.29, 0.717) is 23.3 Å². The second-order valence-corrected chi connectivity index (χ2v) is 8.46. The number of nitrogens with zero attached hydrogens (tertiary/aromatic N) is 1. The Morgan fingerprint density at radius 2 is 1.44 bits per heavy atom. The van der Waals surface area contributed by atoms with Crippen molar-refractivity contribution < 1.29 is 24.6 Å². The van der Waals surface area contributed by atoms with Crippen molar-refractivity contribution in [1.82, 2.24) is 4.90 Å². The van der Waals surface area contributed by atoms with Crippen LogP contribution in [0, 0.1) is 5.41 Å². The number of Topliss-reactive ketones (excluding diaryl/α,β-unsaturated/α-hetero) is 1. The zero-order chi connectivity index (χ0) is 22.9. The minimum atomic E-state index is -1.92. The highest BCUT2D eigenvalue weighted by atomic mass is 16.4. The van der Waals surface area contributed by atoms with E-state index in [1.807, 2.05) is 66.7 Å². The molecule has 2 aromatic carbocycles. The molecule has 1 heterocycles. The number of allylic oxidation sites excluding steroid dienone is 2. The molecule has 2 aromatic rings. The molecular formula is C26H25NO5. The van der Waals surface area contributed by atoms with Crippen molar-refractivity contribution in [1.29, 1.82) is 0 Å². The molecule has 32 heavy (non-hydrogen) atoms. The van der Waals surface area contributed by atoms with Gasteiger partial charge in [-0.25, -0.2) is 0 Å². The second kappa shape index (κ2) is 8.55. The fourth-order valence-electron chi connectivity index (χ4n) is 4.72. The van der Waals surface area contributed by atoms with E-state index < -0.39 is 17.4 Å². The molecule has 2 aliphatic rings. The van der Waals surface area contributed by atoms with Crippen LogP contribution in [0.3, 0.4) is 0 Å². The topological polar surface area (TPSA) is 94.9 Å². The van der Waals surface area contributed by atoms with Gasteiger partial charge >= 0.3 is 11.9 Å². The van der Waals surface area contributed by atoms with Crippen molar-refractivity contribution in [2.45, 2.75) is 25.8 Å². The lowest BCUT2D eigenvalue weighted by molar-refractivity contribution is -0.163. The van der Waals surface area contributed by atoms with Gasteiger partial charge in [-0.15, -0.1) is 0 Å². The summed E-state index contributed by atoms with van der Waals surface area (Å²) in [5.74, 6) is -2.85. The van der Waals surface area contributed by atoms with Crippen molar-refractivity contribution in [3.8, 4) is 0 Å². The van der Waals surface area contributed by atoms with Gasteiger partial charge in [0.05, 0.1) is 12.6 Å². The number of benzene rings is 2. The second-order valence-electron chi connectivity index (χ2n) is 8.46. The van der Waals surface area contributed by atoms with E-state index >= 15 is 0 Å². The molecule has 1 saturated carbocycles. The Kier molecular flexibility index (Phi) is 5.80. The lowest BCUT2D eigenvalue weighted by Crippen LogP contribution is -2.36. The van der Waals surface area contributed by atoms with Gasteiger partial charge in [0.15, 0.2) is 11.2 Å². The van der Waals surface area contributed by atoms with Crippen molar-refractivity contribution >= 4 is 17.7 Å². The fourth-order valence-corrected chi connectivity index (χ4v) is 4.72. The average Bonchev–Trinajstić information content (AvgIpc) is 3.19. The Bertz CT molecular complexity index is 1060. The molecule has 2 N–H and O–H groups in total. The molecule has 6 heteroatoms. The summed E-state index contributed by atoms with van der Waals surface area (Å²) in [5.41, 5.74) is 1.83. The lowest BCUT2D eigenvalue weighted by atomic mass is 9.85. The van der Waals surface area contributed by atoms with Crippen molar-refractivity contribution in [3.63, 3.8) is 0 Å². The third-order valence-electron chi connectivity index (χ3n) is 6.56. The monoisotopic (exact) mass is 431 g/mol. The van der Waals surface area contributed by atoms with Crippen molar-refractivity contribution in [2.24, 2.45) is 5.41 Å². The number of hydrogen-bond donors (Lipinski definition) is 2. The molecule has 1 aliphatic carbocycles. The minimum Gasteiger partial charge on any atom is -0.480 e. The first-order valence-electron chi connectivity index (χ1n) is 10.6. The summed E-state index contributed by atoms with van der Waals surface area (Å²) in [4.78, 5) is 39.0. The number of carbonyl (C=O) groups is 3. The fraction of sp³-hybridized carbons (Fsp3) is 0.269. The summed E-state index contributed by atoms with van der Waals surface area (Å²) < 4.78 is 0. The summed E-state index contributed by atoms with van der Waals surface area (Å²) in [6.07, 6.45) is 1.62. The highest BCUT2D eigenvalue weighted by Gasteiger charge is 2.53. The Labute approximate surface area is 186 Å². The number of fused-ring (bicyclic) bond motifs is 1. The third-order valence-corrected chi connectivity index (χ3v) is 6.56. The summed E-state index contributed by atoms with van der Waals surface area (Å²) >= 11 is 0. The van der Waals surface area contributed by atoms with Crippen LogP contribution in [-0.2, 0) is 14.4 Å². The van der Waals surface area contributed by atoms with Crippen LogP contribution in [0.2, 0.25) is 0 Å². The molecule has 0 radical (unpaired) electrons. The van der Waals surface area contributed by atoms with E-state index in [1.54, 1.807) is 6.92 Å². The normalized spacial score (nSPS) is 18.7. The van der Waals surface area contributed by atoms with E-state index in [4.69, 9.17) is 0 Å². The molecule has 4 rings (SSSR count). The van der Waals surface area contributed by atoms with Crippen LogP contribution >= 0.6 is 0 Å². The molecule has 0 atom stereocenters. The highest BCUT2D eigenvalue weighted by Crippen LogP contribution is 2.47. The Hall–Kier alpha value is -3.51. The molecule has 0 bridgehead atoms. The summed E-state index contributed by atoms with van der Waals surface area (Å²) in [5, 5.41) is 19.4. The summed E-state index contributed by atoms with van der Waals surface area (Å²) in [6, 6.07) is 19.7. The predicted octanol–water partition coefficient (Wildman–Crippen LogP) is 3.85. The largest absolute Gasteiger partial charge is 0.480 e. The molecule has 164 valence electrons. The summed E-state index contributed by atoms with van der Waals surface area (Å²) in [7, 11) is 0. The molecule has 0 aromatic heterocycles. The van der Waals surface area contributed by atoms with E-state index in [9.17, 15) is 24.6 Å². The standard InChI is InChI=1S/C26H25NO5/c1-17-21-15-26(24(29)30,25(31)32)14-20(21)12-13-27(16-22(17)28)23(18-8-4-2-5-9-18)19-10-6-3-7-11-19/h2-12,23H,13-16H2,1H3,(H,29,30)(H,31,32). The number of rotatable bonds is 5. The van der Waals surface area contributed by atoms with Crippen LogP contribution in [0.25, 0.3) is 0 Å². The van der Waals surface area contributed by atoms with Crippen LogP contribution in [0.1, 0.15) is 36.9 Å². The van der Waals surface area contributed by atoms with Gasteiger partial charge < -0.3 is 10.2 Å². The molecule has 0 amide bonds. The van der Waals surface area contributed by atoms with Gasteiger partial charge in [0, 0.05) is 13.0 Å². The van der Waals surface area contributed by atoms with E-state index in [2.05, 4.69) is 4.90 Å². The molecule has 1 aliphatic heterocycles. The maximum atomic E-state index is 13.2. The molecule has 6 nitrogen and oxygen atoms in total. The number of carbonyl (C=O) groups excluding carboxylic acids is 1. The smallest absolute Gasteiger partial charge is 0.321 e.